The van der Waals surface area contributed by atoms with Gasteiger partial charge in [-0.3, -0.25) is 9.78 Å². The lowest BCUT2D eigenvalue weighted by atomic mass is 10.1. The second-order valence-electron chi connectivity index (χ2n) is 7.20. The average molecular weight is 454 g/mol. The van der Waals surface area contributed by atoms with Gasteiger partial charge in [0.05, 0.1) is 47.1 Å². The summed E-state index contributed by atoms with van der Waals surface area (Å²) in [6, 6.07) is 7.63. The van der Waals surface area contributed by atoms with Gasteiger partial charge in [0.1, 0.15) is 11.3 Å². The molecule has 11 heteroatoms. The molecule has 0 unspecified atom stereocenters. The lowest BCUT2D eigenvalue weighted by Gasteiger charge is -2.08. The molecule has 0 saturated heterocycles. The van der Waals surface area contributed by atoms with Crippen molar-refractivity contribution < 1.29 is 9.18 Å². The van der Waals surface area contributed by atoms with Crippen LogP contribution in [0.2, 0.25) is 0 Å². The number of nitrogens with two attached hydrogens (primary N) is 2. The number of amides is 1. The molecule has 4 aromatic rings. The Morgan fingerprint density at radius 2 is 2.12 bits per heavy atom. The number of thiazole rings is 1. The molecule has 0 aliphatic heterocycles. The molecule has 3 aromatic heterocycles. The highest BCUT2D eigenvalue weighted by molar-refractivity contribution is 7.18. The number of benzene rings is 1. The number of carbonyl (C=O) groups excluding carboxylic acids is 1. The van der Waals surface area contributed by atoms with E-state index in [9.17, 15) is 14.0 Å². The topological polar surface area (TPSA) is 135 Å². The summed E-state index contributed by atoms with van der Waals surface area (Å²) < 4.78 is 16.3. The van der Waals surface area contributed by atoms with Gasteiger partial charge in [0.2, 0.25) is 5.91 Å². The highest BCUT2D eigenvalue weighted by Gasteiger charge is 2.13. The van der Waals surface area contributed by atoms with Crippen LogP contribution < -0.4 is 17.2 Å². The maximum absolute atomic E-state index is 12.8. The van der Waals surface area contributed by atoms with Crippen LogP contribution in [0.25, 0.3) is 27.2 Å². The monoisotopic (exact) mass is 453 g/mol. The SMILES string of the molecule is Cc1cc(-c2ccc3sc(CC(N)=O)nc3c2)ncc1-n1cnn(C/C(=C/F)CN)c1=O. The predicted octanol–water partition coefficient (Wildman–Crippen LogP) is 1.85. The van der Waals surface area contributed by atoms with Gasteiger partial charge in [-0.1, -0.05) is 6.07 Å². The number of primary amides is 1. The number of aryl methyl sites for hydroxylation is 1. The van der Waals surface area contributed by atoms with Gasteiger partial charge in [-0.15, -0.1) is 11.3 Å². The number of nitrogens with zero attached hydrogens (tertiary/aromatic N) is 5. The third kappa shape index (κ3) is 4.20. The Morgan fingerprint density at radius 1 is 1.31 bits per heavy atom. The summed E-state index contributed by atoms with van der Waals surface area (Å²) in [5.41, 5.74) is 14.3. The van der Waals surface area contributed by atoms with E-state index in [-0.39, 0.29) is 25.1 Å². The highest BCUT2D eigenvalue weighted by atomic mass is 32.1. The van der Waals surface area contributed by atoms with E-state index in [1.807, 2.05) is 31.2 Å². The van der Waals surface area contributed by atoms with Gasteiger partial charge in [-0.05, 0) is 36.3 Å². The summed E-state index contributed by atoms with van der Waals surface area (Å²) in [6.45, 7) is 1.84. The predicted molar refractivity (Wildman–Crippen MR) is 120 cm³/mol. The van der Waals surface area contributed by atoms with Crippen LogP contribution in [0, 0.1) is 6.92 Å². The van der Waals surface area contributed by atoms with E-state index in [1.165, 1.54) is 22.2 Å². The average Bonchev–Trinajstić information content (AvgIpc) is 3.33. The molecular weight excluding hydrogens is 433 g/mol. The van der Waals surface area contributed by atoms with Crippen molar-refractivity contribution in [2.24, 2.45) is 11.5 Å². The van der Waals surface area contributed by atoms with Gasteiger partial charge < -0.3 is 11.5 Å². The minimum Gasteiger partial charge on any atom is -0.369 e. The number of pyridine rings is 1. The van der Waals surface area contributed by atoms with Gasteiger partial charge in [0.15, 0.2) is 0 Å². The summed E-state index contributed by atoms with van der Waals surface area (Å²) in [4.78, 5) is 32.8. The first-order valence-electron chi connectivity index (χ1n) is 9.67. The molecule has 0 radical (unpaired) electrons. The summed E-state index contributed by atoms with van der Waals surface area (Å²) >= 11 is 1.43. The van der Waals surface area contributed by atoms with Crippen LogP contribution in [-0.2, 0) is 17.8 Å². The Balaban J connectivity index is 1.65. The molecule has 9 nitrogen and oxygen atoms in total. The Hall–Kier alpha value is -3.70. The smallest absolute Gasteiger partial charge is 0.350 e. The minimum atomic E-state index is -0.421. The van der Waals surface area contributed by atoms with Crippen molar-refractivity contribution in [1.29, 1.82) is 0 Å². The number of fused-ring (bicyclic) bond motifs is 1. The molecule has 1 amide bonds. The van der Waals surface area contributed by atoms with Crippen molar-refractivity contribution in [3.8, 4) is 16.9 Å². The molecule has 0 atom stereocenters. The van der Waals surface area contributed by atoms with E-state index in [0.29, 0.717) is 22.7 Å². The number of hydrogen-bond donors (Lipinski definition) is 2. The molecule has 0 spiro atoms. The Labute approximate surface area is 185 Å². The fourth-order valence-corrected chi connectivity index (χ4v) is 4.22. The summed E-state index contributed by atoms with van der Waals surface area (Å²) in [5.74, 6) is -0.421. The summed E-state index contributed by atoms with van der Waals surface area (Å²) in [6.07, 6.45) is 3.47. The van der Waals surface area contributed by atoms with E-state index in [1.54, 1.807) is 6.20 Å². The molecule has 0 bridgehead atoms. The maximum atomic E-state index is 12.8. The molecule has 164 valence electrons. The standard InChI is InChI=1S/C21H20FN7O2S/c1-12-4-15(14-2-3-18-16(5-14)27-20(32-18)6-19(24)30)25-9-17(12)28-11-26-29(21(28)31)10-13(7-22)8-23/h2-5,7,9,11H,6,8,10,23H2,1H3,(H2,24,30)/b13-7+. The zero-order valence-corrected chi connectivity index (χ0v) is 18.0. The second kappa shape index (κ2) is 8.81. The van der Waals surface area contributed by atoms with Crippen LogP contribution in [0.4, 0.5) is 4.39 Å². The first kappa shape index (κ1) is 21.5. The molecular formula is C21H20FN7O2S. The number of hydrogen-bond acceptors (Lipinski definition) is 7. The maximum Gasteiger partial charge on any atom is 0.350 e. The molecule has 0 saturated carbocycles. The molecule has 0 aliphatic carbocycles. The fourth-order valence-electron chi connectivity index (χ4n) is 3.26. The van der Waals surface area contributed by atoms with Crippen molar-refractivity contribution in [2.75, 3.05) is 6.54 Å². The number of carbonyl (C=O) groups is 1. The molecule has 0 fully saturated rings. The summed E-state index contributed by atoms with van der Waals surface area (Å²) in [7, 11) is 0. The molecule has 4 N–H and O–H groups in total. The van der Waals surface area contributed by atoms with Gasteiger partial charge in [0, 0.05) is 12.1 Å². The van der Waals surface area contributed by atoms with Gasteiger partial charge in [-0.25, -0.2) is 23.4 Å². The second-order valence-corrected chi connectivity index (χ2v) is 8.32. The first-order valence-corrected chi connectivity index (χ1v) is 10.5. The zero-order valence-electron chi connectivity index (χ0n) is 17.2. The van der Waals surface area contributed by atoms with E-state index in [4.69, 9.17) is 11.5 Å². The van der Waals surface area contributed by atoms with Crippen LogP contribution in [0.1, 0.15) is 10.6 Å². The van der Waals surface area contributed by atoms with Crippen molar-refractivity contribution in [3.05, 3.63) is 69.7 Å². The number of rotatable bonds is 7. The van der Waals surface area contributed by atoms with Crippen LogP contribution in [-0.4, -0.2) is 36.8 Å². The van der Waals surface area contributed by atoms with Gasteiger partial charge in [0.25, 0.3) is 0 Å². The van der Waals surface area contributed by atoms with Crippen molar-refractivity contribution in [2.45, 2.75) is 19.9 Å². The van der Waals surface area contributed by atoms with Crippen LogP contribution in [0.15, 0.2) is 53.5 Å². The van der Waals surface area contributed by atoms with Crippen molar-refractivity contribution in [3.63, 3.8) is 0 Å². The number of aromatic nitrogens is 5. The third-order valence-corrected chi connectivity index (χ3v) is 5.93. The summed E-state index contributed by atoms with van der Waals surface area (Å²) in [5, 5.41) is 4.71. The Kier molecular flexibility index (Phi) is 5.93. The van der Waals surface area contributed by atoms with Crippen molar-refractivity contribution >= 4 is 27.5 Å². The molecule has 32 heavy (non-hydrogen) atoms. The third-order valence-electron chi connectivity index (χ3n) is 4.90. The quantitative estimate of drug-likeness (QED) is 0.439. The van der Waals surface area contributed by atoms with E-state index in [0.717, 1.165) is 26.0 Å². The lowest BCUT2D eigenvalue weighted by Crippen LogP contribution is -2.26. The van der Waals surface area contributed by atoms with Gasteiger partial charge in [-0.2, -0.15) is 5.10 Å². The molecule has 3 heterocycles. The van der Waals surface area contributed by atoms with Crippen molar-refractivity contribution in [1.82, 2.24) is 24.3 Å². The Morgan fingerprint density at radius 3 is 2.81 bits per heavy atom. The minimum absolute atomic E-state index is 0.00155. The molecule has 0 aliphatic rings. The normalized spacial score (nSPS) is 11.9. The van der Waals surface area contributed by atoms with Crippen LogP contribution >= 0.6 is 11.3 Å². The fraction of sp³-hybridized carbons (Fsp3) is 0.190. The van der Waals surface area contributed by atoms with E-state index >= 15 is 0 Å². The lowest BCUT2D eigenvalue weighted by molar-refractivity contribution is -0.117. The zero-order chi connectivity index (χ0) is 22.8. The highest BCUT2D eigenvalue weighted by Crippen LogP contribution is 2.28. The number of halogens is 1. The molecule has 4 rings (SSSR count). The molecule has 1 aromatic carbocycles. The van der Waals surface area contributed by atoms with Gasteiger partial charge >= 0.3 is 5.69 Å². The first-order chi connectivity index (χ1) is 15.4. The van der Waals surface area contributed by atoms with E-state index in [2.05, 4.69) is 15.1 Å². The largest absolute Gasteiger partial charge is 0.369 e. The van der Waals surface area contributed by atoms with Crippen LogP contribution in [0.3, 0.4) is 0 Å². The van der Waals surface area contributed by atoms with E-state index < -0.39 is 11.6 Å². The van der Waals surface area contributed by atoms with Crippen LogP contribution in [0.5, 0.6) is 0 Å². The Bertz CT molecular complexity index is 1400.